The average Bonchev–Trinajstić information content (AvgIpc) is 2.33. The number of hydrogen-bond donors (Lipinski definition) is 1. The lowest BCUT2D eigenvalue weighted by Gasteiger charge is -2.27. The monoisotopic (exact) mass is 275 g/mol. The van der Waals surface area contributed by atoms with Crippen LogP contribution in [0.4, 0.5) is 0 Å². The van der Waals surface area contributed by atoms with Crippen LogP contribution in [0.5, 0.6) is 0 Å². The summed E-state index contributed by atoms with van der Waals surface area (Å²) in [5, 5.41) is 2.79. The topological polar surface area (TPSA) is 55.4 Å². The third-order valence-electron chi connectivity index (χ3n) is 2.68. The lowest BCUT2D eigenvalue weighted by molar-refractivity contribution is -0.150. The van der Waals surface area contributed by atoms with Crippen LogP contribution in [0.15, 0.2) is 0 Å². The molecular weight excluding hydrogens is 250 g/mol. The lowest BCUT2D eigenvalue weighted by Crippen LogP contribution is -2.53. The normalized spacial score (nSPS) is 13.8. The van der Waals surface area contributed by atoms with Gasteiger partial charge in [0.25, 0.3) is 0 Å². The predicted octanol–water partition coefficient (Wildman–Crippen LogP) is 2.37. The summed E-state index contributed by atoms with van der Waals surface area (Å²) in [6.45, 7) is 5.82. The Morgan fingerprint density at radius 3 is 2.44 bits per heavy atom. The number of thioether (sulfide) groups is 1. The molecule has 4 nitrogen and oxygen atoms in total. The molecular formula is C13H25NO3S. The number of nitrogens with one attached hydrogen (secondary N) is 1. The second-order valence-electron chi connectivity index (χ2n) is 4.53. The zero-order valence-electron chi connectivity index (χ0n) is 11.9. The van der Waals surface area contributed by atoms with E-state index in [9.17, 15) is 9.59 Å². The van der Waals surface area contributed by atoms with Crippen molar-refractivity contribution in [1.29, 1.82) is 0 Å². The Hall–Kier alpha value is -0.710. The van der Waals surface area contributed by atoms with Crippen molar-refractivity contribution in [2.24, 2.45) is 0 Å². The van der Waals surface area contributed by atoms with Crippen LogP contribution >= 0.6 is 11.8 Å². The molecule has 0 heterocycles. The number of esters is 1. The highest BCUT2D eigenvalue weighted by atomic mass is 32.2. The summed E-state index contributed by atoms with van der Waals surface area (Å²) < 4.78 is 4.75. The van der Waals surface area contributed by atoms with Crippen molar-refractivity contribution in [3.8, 4) is 0 Å². The zero-order chi connectivity index (χ0) is 14.0. The van der Waals surface area contributed by atoms with Crippen molar-refractivity contribution in [3.05, 3.63) is 0 Å². The zero-order valence-corrected chi connectivity index (χ0v) is 12.7. The van der Waals surface area contributed by atoms with Crippen LogP contribution < -0.4 is 5.32 Å². The van der Waals surface area contributed by atoms with Crippen molar-refractivity contribution in [3.63, 3.8) is 0 Å². The van der Waals surface area contributed by atoms with Crippen molar-refractivity contribution >= 4 is 23.6 Å². The maximum Gasteiger partial charge on any atom is 0.331 e. The molecule has 0 saturated heterocycles. The molecule has 0 aromatic carbocycles. The van der Waals surface area contributed by atoms with E-state index in [-0.39, 0.29) is 11.9 Å². The number of methoxy groups -OCH3 is 1. The molecule has 0 aromatic heterocycles. The van der Waals surface area contributed by atoms with Crippen LogP contribution in [-0.2, 0) is 14.3 Å². The van der Waals surface area contributed by atoms with E-state index in [2.05, 4.69) is 12.2 Å². The first-order valence-electron chi connectivity index (χ1n) is 6.47. The molecule has 0 spiro atoms. The smallest absolute Gasteiger partial charge is 0.331 e. The highest BCUT2D eigenvalue weighted by molar-refractivity contribution is 7.99. The van der Waals surface area contributed by atoms with Crippen molar-refractivity contribution < 1.29 is 14.3 Å². The number of carbonyl (C=O) groups excluding carboxylic acids is 2. The minimum atomic E-state index is -0.897. The molecule has 1 N–H and O–H groups in total. The van der Waals surface area contributed by atoms with E-state index in [1.807, 2.05) is 6.92 Å². The van der Waals surface area contributed by atoms with Crippen LogP contribution in [0.25, 0.3) is 0 Å². The molecule has 0 rings (SSSR count). The molecule has 0 radical (unpaired) electrons. The Bertz CT molecular complexity index is 271. The molecule has 0 aliphatic heterocycles. The molecule has 1 atom stereocenters. The largest absolute Gasteiger partial charge is 0.467 e. The second-order valence-corrected chi connectivity index (χ2v) is 5.63. The number of ether oxygens (including phenoxy) is 1. The minimum Gasteiger partial charge on any atom is -0.467 e. The maximum atomic E-state index is 11.8. The Labute approximate surface area is 114 Å². The SMILES string of the molecule is CCCCSCC(=O)NC(C)(CCC)C(=O)OC. The fraction of sp³-hybridized carbons (Fsp3) is 0.846. The third-order valence-corrected chi connectivity index (χ3v) is 3.72. The summed E-state index contributed by atoms with van der Waals surface area (Å²) in [7, 11) is 1.35. The van der Waals surface area contributed by atoms with Gasteiger partial charge in [-0.05, 0) is 25.5 Å². The molecule has 106 valence electrons. The van der Waals surface area contributed by atoms with E-state index in [4.69, 9.17) is 4.74 Å². The van der Waals surface area contributed by atoms with Crippen LogP contribution in [0.2, 0.25) is 0 Å². The average molecular weight is 275 g/mol. The lowest BCUT2D eigenvalue weighted by atomic mass is 9.96. The highest BCUT2D eigenvalue weighted by Crippen LogP contribution is 2.15. The van der Waals surface area contributed by atoms with Gasteiger partial charge in [-0.1, -0.05) is 26.7 Å². The summed E-state index contributed by atoms with van der Waals surface area (Å²) in [6.07, 6.45) is 3.64. The van der Waals surface area contributed by atoms with E-state index in [0.29, 0.717) is 12.2 Å². The first-order valence-corrected chi connectivity index (χ1v) is 7.62. The number of unbranched alkanes of at least 4 members (excludes halogenated alkanes) is 1. The van der Waals surface area contributed by atoms with Crippen molar-refractivity contribution in [2.75, 3.05) is 18.6 Å². The van der Waals surface area contributed by atoms with Gasteiger partial charge in [0.2, 0.25) is 5.91 Å². The van der Waals surface area contributed by atoms with Gasteiger partial charge in [-0.3, -0.25) is 4.79 Å². The van der Waals surface area contributed by atoms with Crippen molar-refractivity contribution in [2.45, 2.75) is 52.0 Å². The van der Waals surface area contributed by atoms with Crippen molar-refractivity contribution in [1.82, 2.24) is 5.32 Å². The van der Waals surface area contributed by atoms with Gasteiger partial charge >= 0.3 is 5.97 Å². The Morgan fingerprint density at radius 1 is 1.28 bits per heavy atom. The minimum absolute atomic E-state index is 0.0996. The van der Waals surface area contributed by atoms with Crippen LogP contribution in [0.3, 0.4) is 0 Å². The number of hydrogen-bond acceptors (Lipinski definition) is 4. The number of carbonyl (C=O) groups is 2. The Morgan fingerprint density at radius 2 is 1.94 bits per heavy atom. The second kappa shape index (κ2) is 9.25. The summed E-state index contributed by atoms with van der Waals surface area (Å²) in [6, 6.07) is 0. The summed E-state index contributed by atoms with van der Waals surface area (Å²) in [5.74, 6) is 0.900. The van der Waals surface area contributed by atoms with Gasteiger partial charge in [0, 0.05) is 0 Å². The van der Waals surface area contributed by atoms with Gasteiger partial charge in [0.1, 0.15) is 5.54 Å². The van der Waals surface area contributed by atoms with E-state index in [1.54, 1.807) is 18.7 Å². The maximum absolute atomic E-state index is 11.8. The molecule has 0 aromatic rings. The number of amides is 1. The van der Waals surface area contributed by atoms with E-state index in [1.165, 1.54) is 7.11 Å². The van der Waals surface area contributed by atoms with E-state index < -0.39 is 5.54 Å². The first kappa shape index (κ1) is 17.3. The van der Waals surface area contributed by atoms with Gasteiger partial charge in [0.15, 0.2) is 0 Å². The first-order chi connectivity index (χ1) is 8.50. The molecule has 0 aliphatic rings. The third kappa shape index (κ3) is 6.28. The van der Waals surface area contributed by atoms with E-state index in [0.717, 1.165) is 25.0 Å². The van der Waals surface area contributed by atoms with Crippen LogP contribution in [0, 0.1) is 0 Å². The van der Waals surface area contributed by atoms with Gasteiger partial charge in [-0.15, -0.1) is 0 Å². The standard InChI is InChI=1S/C13H25NO3S/c1-5-7-9-18-10-11(15)14-13(3,8-6-2)12(16)17-4/h5-10H2,1-4H3,(H,14,15). The van der Waals surface area contributed by atoms with E-state index >= 15 is 0 Å². The van der Waals surface area contributed by atoms with Gasteiger partial charge in [0.05, 0.1) is 12.9 Å². The molecule has 1 amide bonds. The Balaban J connectivity index is 4.23. The molecule has 0 aliphatic carbocycles. The summed E-state index contributed by atoms with van der Waals surface area (Å²) in [5.41, 5.74) is -0.897. The fourth-order valence-electron chi connectivity index (χ4n) is 1.70. The molecule has 1 unspecified atom stereocenters. The molecule has 5 heteroatoms. The molecule has 0 saturated carbocycles. The van der Waals surface area contributed by atoms with Crippen LogP contribution in [0.1, 0.15) is 46.5 Å². The predicted molar refractivity (Wildman–Crippen MR) is 75.7 cm³/mol. The molecule has 0 fully saturated rings. The van der Waals surface area contributed by atoms with Crippen LogP contribution in [-0.4, -0.2) is 36.0 Å². The fourth-order valence-corrected chi connectivity index (χ4v) is 2.59. The van der Waals surface area contributed by atoms with Gasteiger partial charge in [-0.25, -0.2) is 4.79 Å². The molecule has 0 bridgehead atoms. The summed E-state index contributed by atoms with van der Waals surface area (Å²) >= 11 is 1.60. The van der Waals surface area contributed by atoms with Gasteiger partial charge < -0.3 is 10.1 Å². The van der Waals surface area contributed by atoms with Gasteiger partial charge in [-0.2, -0.15) is 11.8 Å². The Kier molecular flexibility index (Phi) is 8.89. The molecule has 18 heavy (non-hydrogen) atoms. The highest BCUT2D eigenvalue weighted by Gasteiger charge is 2.34. The quantitative estimate of drug-likeness (QED) is 0.518. The number of rotatable bonds is 9. The summed E-state index contributed by atoms with van der Waals surface area (Å²) in [4.78, 5) is 23.5.